The molecule has 122 valence electrons. The van der Waals surface area contributed by atoms with Crippen LogP contribution in [0.1, 0.15) is 35.6 Å². The van der Waals surface area contributed by atoms with Gasteiger partial charge in [-0.1, -0.05) is 24.3 Å². The molecule has 0 radical (unpaired) electrons. The first kappa shape index (κ1) is 16.0. The van der Waals surface area contributed by atoms with Gasteiger partial charge in [-0.15, -0.1) is 0 Å². The number of likely N-dealkylation sites (tertiary alicyclic amines) is 1. The van der Waals surface area contributed by atoms with Crippen molar-refractivity contribution in [1.29, 1.82) is 0 Å². The van der Waals surface area contributed by atoms with Crippen molar-refractivity contribution in [2.24, 2.45) is 5.73 Å². The van der Waals surface area contributed by atoms with Crippen molar-refractivity contribution in [3.8, 4) is 11.5 Å². The zero-order chi connectivity index (χ0) is 16.2. The maximum Gasteiger partial charge on any atom is 0.130 e. The van der Waals surface area contributed by atoms with E-state index in [-0.39, 0.29) is 0 Å². The summed E-state index contributed by atoms with van der Waals surface area (Å²) >= 11 is 0. The summed E-state index contributed by atoms with van der Waals surface area (Å²) in [5.74, 6) is 1.80. The number of nitrogens with zero attached hydrogens (tertiary/aromatic N) is 1. The van der Waals surface area contributed by atoms with Gasteiger partial charge in [-0.05, 0) is 74.7 Å². The molecule has 0 amide bonds. The highest BCUT2D eigenvalue weighted by Crippen LogP contribution is 2.29. The Hall–Kier alpha value is -1.84. The van der Waals surface area contributed by atoms with Crippen molar-refractivity contribution >= 4 is 0 Å². The molecule has 0 aliphatic carbocycles. The second-order valence-corrected chi connectivity index (χ2v) is 6.43. The Labute approximate surface area is 139 Å². The predicted molar refractivity (Wildman–Crippen MR) is 95.0 cm³/mol. The molecule has 1 atom stereocenters. The minimum Gasteiger partial charge on any atom is -0.457 e. The Bertz CT molecular complexity index is 645. The molecule has 1 saturated heterocycles. The summed E-state index contributed by atoms with van der Waals surface area (Å²) in [5, 5.41) is 0. The largest absolute Gasteiger partial charge is 0.457 e. The molecule has 1 fully saturated rings. The van der Waals surface area contributed by atoms with Crippen LogP contribution in [0.5, 0.6) is 11.5 Å². The summed E-state index contributed by atoms with van der Waals surface area (Å²) in [5.41, 5.74) is 9.65. The molecule has 2 aromatic carbocycles. The summed E-state index contributed by atoms with van der Waals surface area (Å²) in [7, 11) is 0. The minimum absolute atomic E-state index is 0.326. The third-order valence-corrected chi connectivity index (χ3v) is 4.64. The van der Waals surface area contributed by atoms with Crippen molar-refractivity contribution in [2.75, 3.05) is 19.6 Å². The Kier molecular flexibility index (Phi) is 4.99. The van der Waals surface area contributed by atoms with Gasteiger partial charge >= 0.3 is 0 Å². The van der Waals surface area contributed by atoms with Crippen molar-refractivity contribution < 1.29 is 4.74 Å². The highest BCUT2D eigenvalue weighted by molar-refractivity contribution is 5.40. The molecule has 0 spiro atoms. The van der Waals surface area contributed by atoms with Crippen molar-refractivity contribution in [2.45, 2.75) is 32.7 Å². The van der Waals surface area contributed by atoms with Crippen LogP contribution in [-0.2, 0) is 0 Å². The SMILES string of the molecule is Cc1ccc(C)c(Oc2ccc(C(CN)N3CCCC3)cc2)c1. The van der Waals surface area contributed by atoms with Crippen LogP contribution in [0.2, 0.25) is 0 Å². The fraction of sp³-hybridized carbons (Fsp3) is 0.400. The highest BCUT2D eigenvalue weighted by Gasteiger charge is 2.22. The standard InChI is InChI=1S/C20H26N2O/c1-15-5-6-16(2)20(13-15)23-18-9-7-17(8-10-18)19(14-21)22-11-3-4-12-22/h5-10,13,19H,3-4,11-12,14,21H2,1-2H3. The van der Waals surface area contributed by atoms with Gasteiger partial charge in [0.25, 0.3) is 0 Å². The van der Waals surface area contributed by atoms with E-state index in [1.54, 1.807) is 0 Å². The van der Waals surface area contributed by atoms with Gasteiger partial charge in [0.2, 0.25) is 0 Å². The number of hydrogen-bond donors (Lipinski definition) is 1. The number of benzene rings is 2. The molecule has 0 aromatic heterocycles. The highest BCUT2D eigenvalue weighted by atomic mass is 16.5. The Balaban J connectivity index is 1.74. The molecule has 0 bridgehead atoms. The molecular weight excluding hydrogens is 284 g/mol. The molecule has 1 aliphatic rings. The van der Waals surface area contributed by atoms with E-state index >= 15 is 0 Å². The number of ether oxygens (including phenoxy) is 1. The molecular formula is C20H26N2O. The van der Waals surface area contributed by atoms with Gasteiger partial charge in [0, 0.05) is 12.6 Å². The van der Waals surface area contributed by atoms with E-state index in [1.807, 2.05) is 0 Å². The van der Waals surface area contributed by atoms with E-state index in [9.17, 15) is 0 Å². The van der Waals surface area contributed by atoms with E-state index in [0.717, 1.165) is 30.2 Å². The fourth-order valence-corrected chi connectivity index (χ4v) is 3.25. The number of nitrogens with two attached hydrogens (primary N) is 1. The van der Waals surface area contributed by atoms with E-state index in [0.29, 0.717) is 12.6 Å². The van der Waals surface area contributed by atoms with Crippen LogP contribution in [0.25, 0.3) is 0 Å². The van der Waals surface area contributed by atoms with Crippen LogP contribution in [0, 0.1) is 13.8 Å². The van der Waals surface area contributed by atoms with Crippen LogP contribution in [0.4, 0.5) is 0 Å². The number of rotatable bonds is 5. The van der Waals surface area contributed by atoms with Gasteiger partial charge in [0.05, 0.1) is 0 Å². The fourth-order valence-electron chi connectivity index (χ4n) is 3.25. The van der Waals surface area contributed by atoms with E-state index in [4.69, 9.17) is 10.5 Å². The summed E-state index contributed by atoms with van der Waals surface area (Å²) in [6, 6.07) is 15.0. The van der Waals surface area contributed by atoms with Crippen LogP contribution >= 0.6 is 0 Å². The topological polar surface area (TPSA) is 38.5 Å². The second kappa shape index (κ2) is 7.16. The lowest BCUT2D eigenvalue weighted by atomic mass is 10.1. The molecule has 1 heterocycles. The van der Waals surface area contributed by atoms with Crippen molar-refractivity contribution in [3.63, 3.8) is 0 Å². The molecule has 2 N–H and O–H groups in total. The quantitative estimate of drug-likeness (QED) is 0.900. The molecule has 0 saturated carbocycles. The van der Waals surface area contributed by atoms with Crippen LogP contribution in [-0.4, -0.2) is 24.5 Å². The van der Waals surface area contributed by atoms with E-state index in [2.05, 4.69) is 61.2 Å². The van der Waals surface area contributed by atoms with E-state index in [1.165, 1.54) is 24.0 Å². The van der Waals surface area contributed by atoms with Crippen LogP contribution < -0.4 is 10.5 Å². The molecule has 23 heavy (non-hydrogen) atoms. The lowest BCUT2D eigenvalue weighted by Crippen LogP contribution is -2.31. The van der Waals surface area contributed by atoms with Gasteiger partial charge in [0.1, 0.15) is 11.5 Å². The van der Waals surface area contributed by atoms with E-state index < -0.39 is 0 Å². The predicted octanol–water partition coefficient (Wildman–Crippen LogP) is 4.19. The van der Waals surface area contributed by atoms with Gasteiger partial charge in [-0.3, -0.25) is 4.90 Å². The lowest BCUT2D eigenvalue weighted by molar-refractivity contribution is 0.251. The Morgan fingerprint density at radius 2 is 1.74 bits per heavy atom. The lowest BCUT2D eigenvalue weighted by Gasteiger charge is -2.26. The van der Waals surface area contributed by atoms with Crippen LogP contribution in [0.3, 0.4) is 0 Å². The summed E-state index contributed by atoms with van der Waals surface area (Å²) in [4.78, 5) is 2.49. The summed E-state index contributed by atoms with van der Waals surface area (Å²) < 4.78 is 6.04. The third kappa shape index (κ3) is 3.74. The average Bonchev–Trinajstić information content (AvgIpc) is 3.07. The first-order valence-electron chi connectivity index (χ1n) is 8.46. The van der Waals surface area contributed by atoms with Gasteiger partial charge < -0.3 is 10.5 Å². The zero-order valence-electron chi connectivity index (χ0n) is 14.1. The minimum atomic E-state index is 0.326. The van der Waals surface area contributed by atoms with Crippen molar-refractivity contribution in [1.82, 2.24) is 4.90 Å². The first-order valence-corrected chi connectivity index (χ1v) is 8.46. The molecule has 2 aromatic rings. The van der Waals surface area contributed by atoms with Gasteiger partial charge in [-0.25, -0.2) is 0 Å². The van der Waals surface area contributed by atoms with Gasteiger partial charge in [0.15, 0.2) is 0 Å². The second-order valence-electron chi connectivity index (χ2n) is 6.43. The van der Waals surface area contributed by atoms with Gasteiger partial charge in [-0.2, -0.15) is 0 Å². The number of hydrogen-bond acceptors (Lipinski definition) is 3. The summed E-state index contributed by atoms with van der Waals surface area (Å²) in [6.07, 6.45) is 2.56. The van der Waals surface area contributed by atoms with Crippen LogP contribution in [0.15, 0.2) is 42.5 Å². The monoisotopic (exact) mass is 310 g/mol. The molecule has 3 rings (SSSR count). The Morgan fingerprint density at radius 1 is 1.04 bits per heavy atom. The molecule has 1 aliphatic heterocycles. The maximum absolute atomic E-state index is 6.04. The Morgan fingerprint density at radius 3 is 2.39 bits per heavy atom. The normalized spacial score (nSPS) is 16.5. The third-order valence-electron chi connectivity index (χ3n) is 4.64. The molecule has 1 unspecified atom stereocenters. The smallest absolute Gasteiger partial charge is 0.130 e. The molecule has 3 heteroatoms. The molecule has 3 nitrogen and oxygen atoms in total. The van der Waals surface area contributed by atoms with Crippen molar-refractivity contribution in [3.05, 3.63) is 59.2 Å². The first-order chi connectivity index (χ1) is 11.2. The maximum atomic E-state index is 6.04. The number of aryl methyl sites for hydroxylation is 2. The average molecular weight is 310 g/mol. The summed E-state index contributed by atoms with van der Waals surface area (Å²) in [6.45, 7) is 7.13. The zero-order valence-corrected chi connectivity index (χ0v) is 14.1.